The molecule has 0 aliphatic rings. The summed E-state index contributed by atoms with van der Waals surface area (Å²) in [4.78, 5) is 14.4. The van der Waals surface area contributed by atoms with Crippen LogP contribution in [0.2, 0.25) is 0 Å². The van der Waals surface area contributed by atoms with Gasteiger partial charge in [0, 0.05) is 24.8 Å². The maximum Gasteiger partial charge on any atom is 0.270 e. The fourth-order valence-corrected chi connectivity index (χ4v) is 1.70. The number of nitro benzene ring substituents is 1. The van der Waals surface area contributed by atoms with Crippen molar-refractivity contribution >= 4 is 11.9 Å². The van der Waals surface area contributed by atoms with E-state index < -0.39 is 4.92 Å². The lowest BCUT2D eigenvalue weighted by Gasteiger charge is -1.93. The molecule has 0 aliphatic carbocycles. The van der Waals surface area contributed by atoms with Crippen molar-refractivity contribution in [3.8, 4) is 11.8 Å². The molecule has 0 atom stereocenters. The van der Waals surface area contributed by atoms with Crippen LogP contribution in [-0.2, 0) is 0 Å². The topological polar surface area (TPSA) is 55.5 Å². The molecule has 0 radical (unpaired) electrons. The first-order valence-corrected chi connectivity index (χ1v) is 6.94. The summed E-state index contributed by atoms with van der Waals surface area (Å²) in [5.74, 6) is 6.08. The number of benzene rings is 1. The Balaban J connectivity index is 2.33. The minimum Gasteiger partial charge on any atom is -0.280 e. The number of hydrogen-bond acceptors (Lipinski definition) is 3. The highest BCUT2D eigenvalue weighted by Gasteiger charge is 2.03. The van der Waals surface area contributed by atoms with Crippen molar-refractivity contribution in [1.29, 1.82) is 0 Å². The van der Waals surface area contributed by atoms with Crippen molar-refractivity contribution in [3.63, 3.8) is 0 Å². The van der Waals surface area contributed by atoms with Crippen LogP contribution in [0.25, 0.3) is 0 Å². The molecule has 106 valence electrons. The lowest BCUT2D eigenvalue weighted by atomic mass is 10.2. The maximum absolute atomic E-state index is 10.6. The van der Waals surface area contributed by atoms with Crippen LogP contribution in [0.4, 0.5) is 5.69 Å². The molecule has 0 bridgehead atoms. The van der Waals surface area contributed by atoms with Crippen molar-refractivity contribution in [1.82, 2.24) is 0 Å². The maximum atomic E-state index is 10.6. The van der Waals surface area contributed by atoms with Crippen LogP contribution in [-0.4, -0.2) is 17.7 Å². The Hall–Kier alpha value is -2.15. The van der Waals surface area contributed by atoms with Gasteiger partial charge in [-0.25, -0.2) is 0 Å². The van der Waals surface area contributed by atoms with Crippen LogP contribution in [0.3, 0.4) is 0 Å². The van der Waals surface area contributed by atoms with Crippen molar-refractivity contribution in [3.05, 3.63) is 39.9 Å². The number of rotatable bonds is 7. The summed E-state index contributed by atoms with van der Waals surface area (Å²) >= 11 is 0. The molecule has 1 aromatic rings. The highest BCUT2D eigenvalue weighted by Crippen LogP contribution is 2.11. The highest BCUT2D eigenvalue weighted by atomic mass is 16.6. The molecule has 4 heteroatoms. The fraction of sp³-hybridized carbons (Fsp3) is 0.438. The molecule has 1 rings (SSSR count). The van der Waals surface area contributed by atoms with Crippen molar-refractivity contribution in [2.45, 2.75) is 39.0 Å². The van der Waals surface area contributed by atoms with E-state index in [1.807, 2.05) is 0 Å². The van der Waals surface area contributed by atoms with Gasteiger partial charge >= 0.3 is 0 Å². The number of hydrogen-bond donors (Lipinski definition) is 0. The number of aliphatic imine (C=N–C) groups is 1. The van der Waals surface area contributed by atoms with Gasteiger partial charge in [-0.15, -0.1) is 5.92 Å². The van der Waals surface area contributed by atoms with E-state index in [0.29, 0.717) is 6.54 Å². The first-order valence-electron chi connectivity index (χ1n) is 6.94. The van der Waals surface area contributed by atoms with E-state index in [1.54, 1.807) is 18.3 Å². The summed E-state index contributed by atoms with van der Waals surface area (Å²) in [5, 5.41) is 10.6. The molecule has 0 N–H and O–H groups in total. The Morgan fingerprint density at radius 3 is 2.90 bits per heavy atom. The second-order valence-corrected chi connectivity index (χ2v) is 4.49. The molecular weight excluding hydrogens is 252 g/mol. The molecule has 0 aromatic heterocycles. The second-order valence-electron chi connectivity index (χ2n) is 4.49. The van der Waals surface area contributed by atoms with Crippen LogP contribution >= 0.6 is 0 Å². The van der Waals surface area contributed by atoms with Crippen LogP contribution < -0.4 is 0 Å². The average molecular weight is 272 g/mol. The van der Waals surface area contributed by atoms with Crippen molar-refractivity contribution in [2.75, 3.05) is 6.54 Å². The third kappa shape index (κ3) is 6.69. The summed E-state index contributed by atoms with van der Waals surface area (Å²) in [6.07, 6.45) is 7.44. The Kier molecular flexibility index (Phi) is 7.74. The van der Waals surface area contributed by atoms with E-state index in [0.717, 1.165) is 18.4 Å². The van der Waals surface area contributed by atoms with Gasteiger partial charge in [0.15, 0.2) is 0 Å². The summed E-state index contributed by atoms with van der Waals surface area (Å²) in [5.41, 5.74) is 0.805. The zero-order valence-electron chi connectivity index (χ0n) is 11.8. The summed E-state index contributed by atoms with van der Waals surface area (Å²) in [6, 6.07) is 6.41. The van der Waals surface area contributed by atoms with E-state index in [4.69, 9.17) is 0 Å². The Morgan fingerprint density at radius 2 is 2.15 bits per heavy atom. The fourth-order valence-electron chi connectivity index (χ4n) is 1.70. The molecule has 0 aliphatic heterocycles. The molecule has 4 nitrogen and oxygen atoms in total. The first-order chi connectivity index (χ1) is 9.74. The average Bonchev–Trinajstić information content (AvgIpc) is 2.46. The molecule has 0 saturated heterocycles. The zero-order valence-corrected chi connectivity index (χ0v) is 11.8. The van der Waals surface area contributed by atoms with Gasteiger partial charge in [-0.2, -0.15) is 0 Å². The third-order valence-electron chi connectivity index (χ3n) is 2.77. The van der Waals surface area contributed by atoms with E-state index in [2.05, 4.69) is 23.8 Å². The lowest BCUT2D eigenvalue weighted by molar-refractivity contribution is -0.384. The summed E-state index contributed by atoms with van der Waals surface area (Å²) < 4.78 is 0. The highest BCUT2D eigenvalue weighted by molar-refractivity contribution is 5.80. The number of unbranched alkanes of at least 4 members (excludes halogenated alkanes) is 4. The van der Waals surface area contributed by atoms with E-state index in [-0.39, 0.29) is 5.69 Å². The minimum atomic E-state index is -0.409. The molecule has 0 saturated carbocycles. The molecule has 0 amide bonds. The van der Waals surface area contributed by atoms with Gasteiger partial charge in [0.2, 0.25) is 0 Å². The molecule has 1 aromatic carbocycles. The third-order valence-corrected chi connectivity index (χ3v) is 2.77. The lowest BCUT2D eigenvalue weighted by Crippen LogP contribution is -1.89. The summed E-state index contributed by atoms with van der Waals surface area (Å²) in [7, 11) is 0. The first kappa shape index (κ1) is 15.9. The smallest absolute Gasteiger partial charge is 0.270 e. The van der Waals surface area contributed by atoms with Crippen molar-refractivity contribution in [2.24, 2.45) is 4.99 Å². The monoisotopic (exact) mass is 272 g/mol. The predicted molar refractivity (Wildman–Crippen MR) is 82.1 cm³/mol. The quantitative estimate of drug-likeness (QED) is 0.248. The van der Waals surface area contributed by atoms with Gasteiger partial charge in [-0.1, -0.05) is 44.2 Å². The van der Waals surface area contributed by atoms with E-state index in [1.165, 1.54) is 31.4 Å². The normalized spacial score (nSPS) is 10.2. The van der Waals surface area contributed by atoms with Gasteiger partial charge in [-0.05, 0) is 12.0 Å². The number of non-ortho nitro benzene ring substituents is 1. The predicted octanol–water partition coefficient (Wildman–Crippen LogP) is 3.99. The van der Waals surface area contributed by atoms with Gasteiger partial charge in [0.05, 0.1) is 11.5 Å². The van der Waals surface area contributed by atoms with Gasteiger partial charge < -0.3 is 0 Å². The molecule has 0 unspecified atom stereocenters. The van der Waals surface area contributed by atoms with Crippen LogP contribution in [0, 0.1) is 22.0 Å². The second kappa shape index (κ2) is 9.74. The number of nitrogens with zero attached hydrogens (tertiary/aromatic N) is 2. The minimum absolute atomic E-state index is 0.0796. The summed E-state index contributed by atoms with van der Waals surface area (Å²) in [6.45, 7) is 2.63. The van der Waals surface area contributed by atoms with Crippen LogP contribution in [0.5, 0.6) is 0 Å². The Bertz CT molecular complexity index is 513. The van der Waals surface area contributed by atoms with Gasteiger partial charge in [0.1, 0.15) is 0 Å². The van der Waals surface area contributed by atoms with Gasteiger partial charge in [-0.3, -0.25) is 15.1 Å². The largest absolute Gasteiger partial charge is 0.280 e. The van der Waals surface area contributed by atoms with Gasteiger partial charge in [0.25, 0.3) is 5.69 Å². The SMILES string of the molecule is CCCCCCC#CC/N=C/c1cccc([N+](=O)[O-])c1. The standard InChI is InChI=1S/C16H20N2O2/c1-2-3-4-5-6-7-8-12-17-14-15-10-9-11-16(13-15)18(19)20/h9-11,13-14H,2-6,12H2,1H3/b17-14+. The Labute approximate surface area is 120 Å². The zero-order chi connectivity index (χ0) is 14.6. The number of nitro groups is 1. The molecule has 0 fully saturated rings. The molecule has 20 heavy (non-hydrogen) atoms. The van der Waals surface area contributed by atoms with Crippen molar-refractivity contribution < 1.29 is 4.92 Å². The molecule has 0 heterocycles. The van der Waals surface area contributed by atoms with Crippen LogP contribution in [0.15, 0.2) is 29.3 Å². The van der Waals surface area contributed by atoms with E-state index in [9.17, 15) is 10.1 Å². The van der Waals surface area contributed by atoms with E-state index >= 15 is 0 Å². The van der Waals surface area contributed by atoms with Crippen LogP contribution in [0.1, 0.15) is 44.6 Å². The molecule has 0 spiro atoms. The molecular formula is C16H20N2O2. The Morgan fingerprint density at radius 1 is 1.30 bits per heavy atom.